The van der Waals surface area contributed by atoms with Crippen LogP contribution in [0.4, 0.5) is 0 Å². The molecule has 1 unspecified atom stereocenters. The van der Waals surface area contributed by atoms with E-state index in [1.54, 1.807) is 0 Å². The van der Waals surface area contributed by atoms with Crippen molar-refractivity contribution in [3.8, 4) is 0 Å². The summed E-state index contributed by atoms with van der Waals surface area (Å²) in [4.78, 5) is 25.7. The highest BCUT2D eigenvalue weighted by molar-refractivity contribution is 5.69. The number of esters is 1. The predicted octanol–water partition coefficient (Wildman–Crippen LogP) is 16.0. The number of aldehydes is 1. The molecular weight excluding hydrogens is 703 g/mol. The van der Waals surface area contributed by atoms with Crippen molar-refractivity contribution in [2.24, 2.45) is 17.8 Å². The molecule has 1 aliphatic rings. The van der Waals surface area contributed by atoms with E-state index in [-0.39, 0.29) is 5.97 Å². The first-order valence-corrected chi connectivity index (χ1v) is 25.8. The maximum Gasteiger partial charge on any atom is 0.306 e. The lowest BCUT2D eigenvalue weighted by atomic mass is 9.90. The van der Waals surface area contributed by atoms with Crippen molar-refractivity contribution in [2.75, 3.05) is 40.0 Å². The Hall–Kier alpha value is -0.940. The van der Waals surface area contributed by atoms with Gasteiger partial charge in [0.15, 0.2) is 0 Å². The molecule has 1 rings (SSSR count). The number of unbranched alkanes of at least 4 members (excludes halogenated alkanes) is 18. The third-order valence-electron chi connectivity index (χ3n) is 12.8. The molecular formula is C52H103NO4. The maximum absolute atomic E-state index is 12.5. The molecule has 0 saturated carbocycles. The van der Waals surface area contributed by atoms with E-state index in [1.807, 2.05) is 7.11 Å². The molecule has 1 atom stereocenters. The summed E-state index contributed by atoms with van der Waals surface area (Å²) in [6.07, 6.45) is 48.6. The Morgan fingerprint density at radius 3 is 1.37 bits per heavy atom. The number of methoxy groups -OCH3 is 1. The number of ether oxygens (including phenoxy) is 2. The number of nitrogens with zero attached hydrogens (tertiary/aromatic N) is 1. The number of piperidine rings is 1. The van der Waals surface area contributed by atoms with E-state index >= 15 is 0 Å². The second-order valence-electron chi connectivity index (χ2n) is 18.3. The Kier molecular flexibility index (Phi) is 45.4. The van der Waals surface area contributed by atoms with Crippen molar-refractivity contribution in [3.63, 3.8) is 0 Å². The average molecular weight is 806 g/mol. The zero-order chi connectivity index (χ0) is 41.7. The average Bonchev–Trinajstić information content (AvgIpc) is 3.21. The van der Waals surface area contributed by atoms with Crippen LogP contribution in [0, 0.1) is 17.8 Å². The summed E-state index contributed by atoms with van der Waals surface area (Å²) in [5.41, 5.74) is 0. The first-order valence-electron chi connectivity index (χ1n) is 25.8. The molecule has 0 amide bonds. The minimum Gasteiger partial charge on any atom is -0.466 e. The standard InChI is InChI=1S/C39H77NO3.C13H26O/c1-4-6-17-28-38(29-18-7-5-2)36-39(41)43-35-24-15-11-9-13-20-27-37(26-19-12-8-10-14-23-34-42-3)30-25-33-40-31-21-16-22-32-40;1-3-5-7-9-13(11-12-14)10-8-6-4-2/h37-38H,4-36H2,1-3H3;12-13H,3-11H2,1-2H3. The van der Waals surface area contributed by atoms with E-state index in [4.69, 9.17) is 9.47 Å². The van der Waals surface area contributed by atoms with Gasteiger partial charge in [-0.05, 0) is 88.8 Å². The van der Waals surface area contributed by atoms with Gasteiger partial charge in [0.2, 0.25) is 0 Å². The van der Waals surface area contributed by atoms with Crippen LogP contribution in [0.3, 0.4) is 0 Å². The van der Waals surface area contributed by atoms with Gasteiger partial charge in [-0.2, -0.15) is 0 Å². The monoisotopic (exact) mass is 806 g/mol. The molecule has 1 aliphatic heterocycles. The molecule has 0 N–H and O–H groups in total. The van der Waals surface area contributed by atoms with Gasteiger partial charge < -0.3 is 19.2 Å². The lowest BCUT2D eigenvalue weighted by molar-refractivity contribution is -0.145. The molecule has 0 bridgehead atoms. The van der Waals surface area contributed by atoms with Crippen molar-refractivity contribution in [1.82, 2.24) is 4.90 Å². The minimum atomic E-state index is 0.0513. The fourth-order valence-electron chi connectivity index (χ4n) is 8.93. The highest BCUT2D eigenvalue weighted by Crippen LogP contribution is 2.25. The molecule has 57 heavy (non-hydrogen) atoms. The van der Waals surface area contributed by atoms with Crippen molar-refractivity contribution in [2.45, 2.75) is 265 Å². The second kappa shape index (κ2) is 46.1. The van der Waals surface area contributed by atoms with E-state index in [0.29, 0.717) is 24.9 Å². The fourth-order valence-corrected chi connectivity index (χ4v) is 8.93. The number of carbonyl (C=O) groups is 2. The van der Waals surface area contributed by atoms with Crippen molar-refractivity contribution in [1.29, 1.82) is 0 Å². The topological polar surface area (TPSA) is 55.8 Å². The van der Waals surface area contributed by atoms with Crippen molar-refractivity contribution < 1.29 is 19.1 Å². The van der Waals surface area contributed by atoms with Crippen LogP contribution >= 0.6 is 0 Å². The van der Waals surface area contributed by atoms with Gasteiger partial charge in [0.25, 0.3) is 0 Å². The summed E-state index contributed by atoms with van der Waals surface area (Å²) >= 11 is 0. The number of hydrogen-bond acceptors (Lipinski definition) is 5. The first-order chi connectivity index (χ1) is 28.0. The zero-order valence-corrected chi connectivity index (χ0v) is 39.6. The number of hydrogen-bond donors (Lipinski definition) is 0. The van der Waals surface area contributed by atoms with Crippen LogP contribution in [0.1, 0.15) is 265 Å². The largest absolute Gasteiger partial charge is 0.466 e. The number of carbonyl (C=O) groups excluding carboxylic acids is 2. The summed E-state index contributed by atoms with van der Waals surface area (Å²) in [5, 5.41) is 0. The molecule has 0 aromatic heterocycles. The molecule has 0 aromatic rings. The molecule has 5 heteroatoms. The number of likely N-dealkylation sites (tertiary alicyclic amines) is 1. The summed E-state index contributed by atoms with van der Waals surface area (Å²) in [6, 6.07) is 0. The first kappa shape index (κ1) is 56.1. The van der Waals surface area contributed by atoms with Gasteiger partial charge in [-0.25, -0.2) is 0 Å². The van der Waals surface area contributed by atoms with E-state index in [0.717, 1.165) is 31.7 Å². The molecule has 5 nitrogen and oxygen atoms in total. The quantitative estimate of drug-likeness (QED) is 0.0349. The van der Waals surface area contributed by atoms with E-state index in [9.17, 15) is 9.59 Å². The molecule has 1 saturated heterocycles. The van der Waals surface area contributed by atoms with Gasteiger partial charge in [-0.3, -0.25) is 4.79 Å². The highest BCUT2D eigenvalue weighted by atomic mass is 16.5. The van der Waals surface area contributed by atoms with Gasteiger partial charge in [-0.1, -0.05) is 201 Å². The summed E-state index contributed by atoms with van der Waals surface area (Å²) < 4.78 is 10.8. The lowest BCUT2D eigenvalue weighted by Gasteiger charge is -2.27. The second-order valence-corrected chi connectivity index (χ2v) is 18.3. The normalized spacial score (nSPS) is 13.9. The van der Waals surface area contributed by atoms with Crippen LogP contribution in [0.15, 0.2) is 0 Å². The third kappa shape index (κ3) is 40.2. The highest BCUT2D eigenvalue weighted by Gasteiger charge is 2.15. The van der Waals surface area contributed by atoms with E-state index in [2.05, 4.69) is 32.6 Å². The number of rotatable bonds is 42. The molecule has 1 heterocycles. The smallest absolute Gasteiger partial charge is 0.306 e. The van der Waals surface area contributed by atoms with E-state index in [1.165, 1.54) is 238 Å². The lowest BCUT2D eigenvalue weighted by Crippen LogP contribution is -2.30. The Labute approximate surface area is 358 Å². The Bertz CT molecular complexity index is 779. The van der Waals surface area contributed by atoms with Gasteiger partial charge in [0, 0.05) is 26.6 Å². The van der Waals surface area contributed by atoms with Gasteiger partial charge in [0.1, 0.15) is 6.29 Å². The van der Waals surface area contributed by atoms with Crippen LogP contribution in [0.2, 0.25) is 0 Å². The minimum absolute atomic E-state index is 0.0513. The summed E-state index contributed by atoms with van der Waals surface area (Å²) in [6.45, 7) is 14.5. The van der Waals surface area contributed by atoms with Crippen LogP contribution in [-0.4, -0.2) is 57.1 Å². The third-order valence-corrected chi connectivity index (χ3v) is 12.8. The van der Waals surface area contributed by atoms with Crippen LogP contribution in [0.25, 0.3) is 0 Å². The SMILES string of the molecule is CCCCCC(CC=O)CCCCC.CCCCCC(CCCCC)CC(=O)OCCCCCCCCC(CCCCCCCCOC)CCCN1CCCCC1. The Morgan fingerprint density at radius 1 is 0.491 bits per heavy atom. The molecule has 0 aromatic carbocycles. The molecule has 0 radical (unpaired) electrons. The summed E-state index contributed by atoms with van der Waals surface area (Å²) in [7, 11) is 1.81. The fraction of sp³-hybridized carbons (Fsp3) is 0.962. The molecule has 0 aliphatic carbocycles. The van der Waals surface area contributed by atoms with Crippen LogP contribution in [0.5, 0.6) is 0 Å². The molecule has 1 fully saturated rings. The maximum atomic E-state index is 12.5. The Morgan fingerprint density at radius 2 is 0.895 bits per heavy atom. The summed E-state index contributed by atoms with van der Waals surface area (Å²) in [5.74, 6) is 2.19. The molecule has 0 spiro atoms. The predicted molar refractivity (Wildman–Crippen MR) is 249 cm³/mol. The van der Waals surface area contributed by atoms with Crippen molar-refractivity contribution >= 4 is 12.3 Å². The van der Waals surface area contributed by atoms with Gasteiger partial charge in [-0.15, -0.1) is 0 Å². The van der Waals surface area contributed by atoms with E-state index < -0.39 is 0 Å². The van der Waals surface area contributed by atoms with Gasteiger partial charge in [0.05, 0.1) is 6.61 Å². The van der Waals surface area contributed by atoms with Gasteiger partial charge >= 0.3 is 5.97 Å². The van der Waals surface area contributed by atoms with Crippen LogP contribution in [-0.2, 0) is 19.1 Å². The van der Waals surface area contributed by atoms with Crippen LogP contribution < -0.4 is 0 Å². The zero-order valence-electron chi connectivity index (χ0n) is 39.6. The Balaban J connectivity index is 0.00000189. The molecule has 340 valence electrons. The van der Waals surface area contributed by atoms with Crippen molar-refractivity contribution in [3.05, 3.63) is 0 Å².